The van der Waals surface area contributed by atoms with E-state index in [1.165, 1.54) is 10.8 Å². The van der Waals surface area contributed by atoms with Crippen molar-refractivity contribution < 1.29 is 4.74 Å². The van der Waals surface area contributed by atoms with E-state index < -0.39 is 0 Å². The number of anilines is 2. The highest BCUT2D eigenvalue weighted by Crippen LogP contribution is 2.27. The molecule has 4 nitrogen and oxygen atoms in total. The summed E-state index contributed by atoms with van der Waals surface area (Å²) >= 11 is 0. The smallest absolute Gasteiger partial charge is 0.136 e. The van der Waals surface area contributed by atoms with Gasteiger partial charge in [0.25, 0.3) is 0 Å². The van der Waals surface area contributed by atoms with Gasteiger partial charge in [0, 0.05) is 36.4 Å². The first-order chi connectivity index (χ1) is 9.74. The molecule has 106 valence electrons. The third-order valence-corrected chi connectivity index (χ3v) is 3.51. The zero-order valence-corrected chi connectivity index (χ0v) is 12.1. The van der Waals surface area contributed by atoms with Gasteiger partial charge in [-0.2, -0.15) is 0 Å². The molecule has 0 radical (unpaired) electrons. The van der Waals surface area contributed by atoms with Crippen LogP contribution in [0.15, 0.2) is 30.5 Å². The Hall–Kier alpha value is -1.81. The molecule has 0 amide bonds. The third-order valence-electron chi connectivity index (χ3n) is 3.51. The summed E-state index contributed by atoms with van der Waals surface area (Å²) in [6.07, 6.45) is 1.90. The first-order valence-electron chi connectivity index (χ1n) is 7.22. The molecule has 0 spiro atoms. The van der Waals surface area contributed by atoms with E-state index in [1.807, 2.05) is 6.20 Å². The molecule has 1 aromatic heterocycles. The maximum atomic E-state index is 5.42. The minimum atomic E-state index is 0.438. The highest BCUT2D eigenvalue weighted by Gasteiger charge is 2.15. The molecule has 0 aliphatic carbocycles. The number of nitrogens with zero attached hydrogens (tertiary/aromatic N) is 2. The van der Waals surface area contributed by atoms with E-state index in [1.54, 1.807) is 0 Å². The number of rotatable bonds is 3. The molecular weight excluding hydrogens is 250 g/mol. The number of hydrogen-bond donors (Lipinski definition) is 1. The van der Waals surface area contributed by atoms with Crippen LogP contribution in [0.1, 0.15) is 13.8 Å². The largest absolute Gasteiger partial charge is 0.383 e. The fourth-order valence-corrected chi connectivity index (χ4v) is 2.61. The van der Waals surface area contributed by atoms with Crippen LogP contribution in [0, 0.1) is 0 Å². The Balaban J connectivity index is 1.97. The molecule has 1 N–H and O–H groups in total. The molecule has 1 fully saturated rings. The Bertz CT molecular complexity index is 591. The highest BCUT2D eigenvalue weighted by molar-refractivity contribution is 5.94. The van der Waals surface area contributed by atoms with Crippen molar-refractivity contribution in [3.63, 3.8) is 0 Å². The highest BCUT2D eigenvalue weighted by atomic mass is 16.5. The van der Waals surface area contributed by atoms with Gasteiger partial charge in [0.1, 0.15) is 5.82 Å². The van der Waals surface area contributed by atoms with Crippen LogP contribution in [0.3, 0.4) is 0 Å². The molecule has 1 aromatic carbocycles. The Morgan fingerprint density at radius 2 is 2.00 bits per heavy atom. The molecular formula is C16H21N3O. The van der Waals surface area contributed by atoms with Gasteiger partial charge < -0.3 is 15.0 Å². The normalized spacial score (nSPS) is 15.8. The molecule has 0 bridgehead atoms. The molecule has 0 unspecified atom stereocenters. The third kappa shape index (κ3) is 2.70. The molecule has 0 saturated carbocycles. The lowest BCUT2D eigenvalue weighted by atomic mass is 10.1. The number of hydrogen-bond acceptors (Lipinski definition) is 4. The molecule has 20 heavy (non-hydrogen) atoms. The number of nitrogens with one attached hydrogen (secondary N) is 1. The summed E-state index contributed by atoms with van der Waals surface area (Å²) in [6, 6.07) is 9.00. The quantitative estimate of drug-likeness (QED) is 0.931. The zero-order chi connectivity index (χ0) is 13.9. The van der Waals surface area contributed by atoms with Crippen molar-refractivity contribution in [2.75, 3.05) is 36.5 Å². The Morgan fingerprint density at radius 3 is 2.75 bits per heavy atom. The summed E-state index contributed by atoms with van der Waals surface area (Å²) in [6.45, 7) is 7.69. The second-order valence-electron chi connectivity index (χ2n) is 5.47. The summed E-state index contributed by atoms with van der Waals surface area (Å²) in [7, 11) is 0. The Morgan fingerprint density at radius 1 is 1.20 bits per heavy atom. The summed E-state index contributed by atoms with van der Waals surface area (Å²) in [4.78, 5) is 6.88. The fourth-order valence-electron chi connectivity index (χ4n) is 2.61. The van der Waals surface area contributed by atoms with Crippen molar-refractivity contribution in [3.05, 3.63) is 30.5 Å². The van der Waals surface area contributed by atoms with E-state index in [0.29, 0.717) is 6.04 Å². The molecule has 1 aliphatic heterocycles. The molecule has 2 heterocycles. The Kier molecular flexibility index (Phi) is 3.74. The SMILES string of the molecule is CC(C)Nc1ccc2c(N3CCOCC3)nccc2c1. The fraction of sp³-hybridized carbons (Fsp3) is 0.438. The van der Waals surface area contributed by atoms with Crippen LogP contribution < -0.4 is 10.2 Å². The number of morpholine rings is 1. The monoisotopic (exact) mass is 271 g/mol. The number of benzene rings is 1. The van der Waals surface area contributed by atoms with Crippen molar-refractivity contribution in [2.24, 2.45) is 0 Å². The Labute approximate surface area is 119 Å². The van der Waals surface area contributed by atoms with Gasteiger partial charge in [0.2, 0.25) is 0 Å². The predicted octanol–water partition coefficient (Wildman–Crippen LogP) is 2.89. The van der Waals surface area contributed by atoms with Gasteiger partial charge in [0.05, 0.1) is 13.2 Å². The lowest BCUT2D eigenvalue weighted by molar-refractivity contribution is 0.122. The van der Waals surface area contributed by atoms with E-state index in [0.717, 1.165) is 37.8 Å². The molecule has 1 aliphatic rings. The van der Waals surface area contributed by atoms with Crippen molar-refractivity contribution >= 4 is 22.3 Å². The van der Waals surface area contributed by atoms with Crippen molar-refractivity contribution in [3.8, 4) is 0 Å². The van der Waals surface area contributed by atoms with Gasteiger partial charge in [-0.1, -0.05) is 0 Å². The van der Waals surface area contributed by atoms with E-state index in [-0.39, 0.29) is 0 Å². The van der Waals surface area contributed by atoms with Gasteiger partial charge in [-0.3, -0.25) is 0 Å². The maximum Gasteiger partial charge on any atom is 0.136 e. The summed E-state index contributed by atoms with van der Waals surface area (Å²) in [5.74, 6) is 1.07. The summed E-state index contributed by atoms with van der Waals surface area (Å²) in [5, 5.41) is 5.88. The standard InChI is InChI=1S/C16H21N3O/c1-12(2)18-14-3-4-15-13(11-14)5-6-17-16(15)19-7-9-20-10-8-19/h3-6,11-12,18H,7-10H2,1-2H3. The second kappa shape index (κ2) is 5.67. The van der Waals surface area contributed by atoms with Crippen LogP contribution in [0.5, 0.6) is 0 Å². The van der Waals surface area contributed by atoms with Gasteiger partial charge in [0.15, 0.2) is 0 Å². The van der Waals surface area contributed by atoms with Crippen LogP contribution >= 0.6 is 0 Å². The van der Waals surface area contributed by atoms with Crippen molar-refractivity contribution in [1.82, 2.24) is 4.98 Å². The molecule has 3 rings (SSSR count). The van der Waals surface area contributed by atoms with Crippen molar-refractivity contribution in [1.29, 1.82) is 0 Å². The molecule has 1 saturated heterocycles. The van der Waals surface area contributed by atoms with E-state index in [2.05, 4.69) is 53.3 Å². The van der Waals surface area contributed by atoms with Gasteiger partial charge in [-0.05, 0) is 43.5 Å². The van der Waals surface area contributed by atoms with Crippen LogP contribution in [-0.4, -0.2) is 37.3 Å². The first-order valence-corrected chi connectivity index (χ1v) is 7.22. The second-order valence-corrected chi connectivity index (χ2v) is 5.47. The predicted molar refractivity (Wildman–Crippen MR) is 83.5 cm³/mol. The number of ether oxygens (including phenoxy) is 1. The molecule has 2 aromatic rings. The van der Waals surface area contributed by atoms with Crippen LogP contribution in [0.2, 0.25) is 0 Å². The minimum absolute atomic E-state index is 0.438. The van der Waals surface area contributed by atoms with E-state index in [9.17, 15) is 0 Å². The van der Waals surface area contributed by atoms with Crippen LogP contribution in [-0.2, 0) is 4.74 Å². The number of aromatic nitrogens is 1. The van der Waals surface area contributed by atoms with E-state index in [4.69, 9.17) is 4.74 Å². The lowest BCUT2D eigenvalue weighted by Crippen LogP contribution is -2.36. The number of fused-ring (bicyclic) bond motifs is 1. The maximum absolute atomic E-state index is 5.42. The average molecular weight is 271 g/mol. The van der Waals surface area contributed by atoms with Gasteiger partial charge >= 0.3 is 0 Å². The lowest BCUT2D eigenvalue weighted by Gasteiger charge is -2.28. The molecule has 0 atom stereocenters. The molecule has 4 heteroatoms. The summed E-state index contributed by atoms with van der Waals surface area (Å²) < 4.78 is 5.42. The van der Waals surface area contributed by atoms with E-state index >= 15 is 0 Å². The van der Waals surface area contributed by atoms with Crippen LogP contribution in [0.4, 0.5) is 11.5 Å². The topological polar surface area (TPSA) is 37.4 Å². The van der Waals surface area contributed by atoms with Crippen LogP contribution in [0.25, 0.3) is 10.8 Å². The van der Waals surface area contributed by atoms with Gasteiger partial charge in [-0.25, -0.2) is 4.98 Å². The van der Waals surface area contributed by atoms with Crippen molar-refractivity contribution in [2.45, 2.75) is 19.9 Å². The van der Waals surface area contributed by atoms with Gasteiger partial charge in [-0.15, -0.1) is 0 Å². The summed E-state index contributed by atoms with van der Waals surface area (Å²) in [5.41, 5.74) is 1.16. The average Bonchev–Trinajstić information content (AvgIpc) is 2.46. The number of pyridine rings is 1. The zero-order valence-electron chi connectivity index (χ0n) is 12.1. The first kappa shape index (κ1) is 13.2. The minimum Gasteiger partial charge on any atom is -0.383 e.